The van der Waals surface area contributed by atoms with Crippen LogP contribution in [0.15, 0.2) is 12.3 Å². The van der Waals surface area contributed by atoms with Crippen LogP contribution in [0.4, 0.5) is 0 Å². The molecule has 5 nitrogen and oxygen atoms in total. The summed E-state index contributed by atoms with van der Waals surface area (Å²) in [4.78, 5) is 11.5. The summed E-state index contributed by atoms with van der Waals surface area (Å²) in [5.74, 6) is -0.335. The number of hydrogen-bond donors (Lipinski definition) is 0. The van der Waals surface area contributed by atoms with Crippen molar-refractivity contribution >= 4 is 5.97 Å². The van der Waals surface area contributed by atoms with Crippen LogP contribution in [0, 0.1) is 5.92 Å². The Morgan fingerprint density at radius 2 is 2.21 bits per heavy atom. The third-order valence-electron chi connectivity index (χ3n) is 3.28. The zero-order valence-electron chi connectivity index (χ0n) is 12.2. The van der Waals surface area contributed by atoms with Crippen LogP contribution in [-0.2, 0) is 23.7 Å². The van der Waals surface area contributed by atoms with E-state index in [2.05, 4.69) is 6.58 Å². The van der Waals surface area contributed by atoms with Crippen LogP contribution in [0.25, 0.3) is 0 Å². The van der Waals surface area contributed by atoms with E-state index in [-0.39, 0.29) is 18.0 Å². The van der Waals surface area contributed by atoms with Crippen LogP contribution in [0.3, 0.4) is 0 Å². The van der Waals surface area contributed by atoms with Crippen molar-refractivity contribution in [3.05, 3.63) is 12.3 Å². The van der Waals surface area contributed by atoms with Crippen molar-refractivity contribution < 1.29 is 23.7 Å². The monoisotopic (exact) mass is 272 g/mol. The smallest absolute Gasteiger partial charge is 0.309 e. The molecule has 0 radical (unpaired) electrons. The van der Waals surface area contributed by atoms with Gasteiger partial charge in [0.2, 0.25) is 0 Å². The minimum atomic E-state index is -0.707. The van der Waals surface area contributed by atoms with Gasteiger partial charge in [-0.1, -0.05) is 6.58 Å². The zero-order chi connectivity index (χ0) is 14.5. The molecule has 0 bridgehead atoms. The van der Waals surface area contributed by atoms with Crippen molar-refractivity contribution in [2.75, 3.05) is 20.8 Å². The molecule has 0 saturated carbocycles. The highest BCUT2D eigenvalue weighted by Crippen LogP contribution is 2.27. The summed E-state index contributed by atoms with van der Waals surface area (Å²) in [5.41, 5.74) is 0. The lowest BCUT2D eigenvalue weighted by molar-refractivity contribution is -0.226. The third-order valence-corrected chi connectivity index (χ3v) is 3.28. The van der Waals surface area contributed by atoms with Crippen molar-refractivity contribution in [3.63, 3.8) is 0 Å². The van der Waals surface area contributed by atoms with Gasteiger partial charge in [-0.3, -0.25) is 4.79 Å². The summed E-state index contributed by atoms with van der Waals surface area (Å²) in [5, 5.41) is 0. The molecule has 1 aliphatic heterocycles. The van der Waals surface area contributed by atoms with E-state index in [0.29, 0.717) is 25.2 Å². The van der Waals surface area contributed by atoms with Crippen LogP contribution in [-0.4, -0.2) is 38.7 Å². The number of carbonyl (C=O) groups is 1. The molecule has 0 N–H and O–H groups in total. The Kier molecular flexibility index (Phi) is 5.82. The number of carbonyl (C=O) groups excluding carboxylic acids is 1. The Morgan fingerprint density at radius 1 is 1.53 bits per heavy atom. The van der Waals surface area contributed by atoms with Gasteiger partial charge in [0, 0.05) is 13.5 Å². The number of methoxy groups -OCH3 is 2. The number of cyclic esters (lactones) is 1. The van der Waals surface area contributed by atoms with E-state index in [1.807, 2.05) is 13.8 Å². The van der Waals surface area contributed by atoms with Gasteiger partial charge >= 0.3 is 5.97 Å². The maximum atomic E-state index is 11.5. The largest absolute Gasteiger partial charge is 0.502 e. The van der Waals surface area contributed by atoms with Crippen LogP contribution >= 0.6 is 0 Å². The molecule has 110 valence electrons. The van der Waals surface area contributed by atoms with Crippen LogP contribution in [0.5, 0.6) is 0 Å². The van der Waals surface area contributed by atoms with Gasteiger partial charge in [0.15, 0.2) is 5.79 Å². The summed E-state index contributed by atoms with van der Waals surface area (Å²) >= 11 is 0. The molecule has 19 heavy (non-hydrogen) atoms. The molecule has 2 unspecified atom stereocenters. The van der Waals surface area contributed by atoms with E-state index in [9.17, 15) is 4.79 Å². The quantitative estimate of drug-likeness (QED) is 0.385. The molecule has 0 aromatic rings. The number of rotatable bonds is 8. The van der Waals surface area contributed by atoms with Crippen LogP contribution in [0.1, 0.15) is 33.1 Å². The van der Waals surface area contributed by atoms with E-state index in [4.69, 9.17) is 18.9 Å². The lowest BCUT2D eigenvalue weighted by Gasteiger charge is -2.30. The lowest BCUT2D eigenvalue weighted by Crippen LogP contribution is -2.34. The van der Waals surface area contributed by atoms with E-state index >= 15 is 0 Å². The summed E-state index contributed by atoms with van der Waals surface area (Å²) < 4.78 is 21.2. The van der Waals surface area contributed by atoms with Crippen molar-refractivity contribution in [1.29, 1.82) is 0 Å². The normalized spacial score (nSPS) is 21.1. The molecule has 2 atom stereocenters. The molecule has 0 spiro atoms. The van der Waals surface area contributed by atoms with Gasteiger partial charge in [-0.15, -0.1) is 0 Å². The maximum Gasteiger partial charge on any atom is 0.309 e. The molecule has 5 heteroatoms. The van der Waals surface area contributed by atoms with Gasteiger partial charge < -0.3 is 18.9 Å². The average Bonchev–Trinajstić information content (AvgIpc) is 2.74. The van der Waals surface area contributed by atoms with Crippen molar-refractivity contribution in [3.8, 4) is 0 Å². The number of ether oxygens (including phenoxy) is 4. The van der Waals surface area contributed by atoms with Gasteiger partial charge in [0.25, 0.3) is 0 Å². The zero-order valence-corrected chi connectivity index (χ0v) is 12.2. The first kappa shape index (κ1) is 16.0. The molecule has 0 aliphatic carbocycles. The van der Waals surface area contributed by atoms with E-state index in [0.717, 1.165) is 6.42 Å². The molecule has 0 aromatic carbocycles. The maximum absolute atomic E-state index is 11.5. The van der Waals surface area contributed by atoms with Gasteiger partial charge in [-0.25, -0.2) is 0 Å². The minimum absolute atomic E-state index is 0.109. The second kappa shape index (κ2) is 6.91. The fraction of sp³-hybridized carbons (Fsp3) is 0.786. The number of hydrogen-bond acceptors (Lipinski definition) is 5. The molecule has 1 heterocycles. The Morgan fingerprint density at radius 3 is 2.68 bits per heavy atom. The third kappa shape index (κ3) is 5.20. The summed E-state index contributed by atoms with van der Waals surface area (Å²) in [6.45, 7) is 7.97. The summed E-state index contributed by atoms with van der Waals surface area (Å²) in [7, 11) is 3.16. The molecular weight excluding hydrogens is 248 g/mol. The Labute approximate surface area is 114 Å². The summed E-state index contributed by atoms with van der Waals surface area (Å²) in [6, 6.07) is 0. The molecule has 1 fully saturated rings. The van der Waals surface area contributed by atoms with Gasteiger partial charge in [-0.05, 0) is 26.7 Å². The molecule has 1 rings (SSSR count). The minimum Gasteiger partial charge on any atom is -0.502 e. The fourth-order valence-corrected chi connectivity index (χ4v) is 2.03. The highest BCUT2D eigenvalue weighted by atomic mass is 16.7. The number of esters is 1. The van der Waals surface area contributed by atoms with Crippen LogP contribution < -0.4 is 0 Å². The predicted octanol–water partition coefficient (Wildman–Crippen LogP) is 2.26. The Bertz CT molecular complexity index is 324. The standard InChI is InChI=1S/C14H24O5/c1-10(16-4)8-12(19-14(2,3)17-5)9-11-6-7-18-13(11)15/h11-12H,1,6-9H2,2-5H3. The predicted molar refractivity (Wildman–Crippen MR) is 70.4 cm³/mol. The van der Waals surface area contributed by atoms with Gasteiger partial charge in [0.05, 0.1) is 31.5 Å². The topological polar surface area (TPSA) is 54.0 Å². The molecule has 0 amide bonds. The molecular formula is C14H24O5. The second-order valence-corrected chi connectivity index (χ2v) is 5.18. The SMILES string of the molecule is C=C(CC(CC1CCOC1=O)OC(C)(C)OC)OC. The van der Waals surface area contributed by atoms with E-state index in [1.54, 1.807) is 14.2 Å². The fourth-order valence-electron chi connectivity index (χ4n) is 2.03. The van der Waals surface area contributed by atoms with Gasteiger partial charge in [0.1, 0.15) is 0 Å². The lowest BCUT2D eigenvalue weighted by atomic mass is 9.98. The highest BCUT2D eigenvalue weighted by molar-refractivity contribution is 5.74. The summed E-state index contributed by atoms with van der Waals surface area (Å²) in [6.07, 6.45) is 1.69. The molecule has 1 saturated heterocycles. The second-order valence-electron chi connectivity index (χ2n) is 5.18. The van der Waals surface area contributed by atoms with Crippen molar-refractivity contribution in [2.45, 2.75) is 45.0 Å². The first-order valence-corrected chi connectivity index (χ1v) is 6.49. The Hall–Kier alpha value is -1.07. The van der Waals surface area contributed by atoms with Gasteiger partial charge in [-0.2, -0.15) is 0 Å². The average molecular weight is 272 g/mol. The van der Waals surface area contributed by atoms with Crippen molar-refractivity contribution in [1.82, 2.24) is 0 Å². The molecule has 0 aromatic heterocycles. The van der Waals surface area contributed by atoms with E-state index < -0.39 is 5.79 Å². The van der Waals surface area contributed by atoms with E-state index in [1.165, 1.54) is 0 Å². The first-order valence-electron chi connectivity index (χ1n) is 6.49. The highest BCUT2D eigenvalue weighted by Gasteiger charge is 2.32. The first-order chi connectivity index (χ1) is 8.88. The van der Waals surface area contributed by atoms with Crippen molar-refractivity contribution in [2.24, 2.45) is 5.92 Å². The molecule has 1 aliphatic rings. The Balaban J connectivity index is 2.63. The van der Waals surface area contributed by atoms with Crippen LogP contribution in [0.2, 0.25) is 0 Å².